The van der Waals surface area contributed by atoms with Crippen LogP contribution >= 0.6 is 23.8 Å². The van der Waals surface area contributed by atoms with Crippen molar-refractivity contribution in [1.82, 2.24) is 14.9 Å². The monoisotopic (exact) mass is 472 g/mol. The number of nitrogens with zero attached hydrogens (tertiary/aromatic N) is 3. The van der Waals surface area contributed by atoms with Gasteiger partial charge < -0.3 is 14.8 Å². The van der Waals surface area contributed by atoms with E-state index in [0.717, 1.165) is 33.5 Å². The smallest absolute Gasteiger partial charge is 0.174 e. The molecule has 1 aliphatic rings. The highest BCUT2D eigenvalue weighted by Crippen LogP contribution is 2.43. The Morgan fingerprint density at radius 2 is 1.70 bits per heavy atom. The molecule has 6 heteroatoms. The predicted octanol–water partition coefficient (Wildman–Crippen LogP) is 6.63. The Labute approximate surface area is 204 Å². The van der Waals surface area contributed by atoms with Crippen molar-refractivity contribution >= 4 is 34.6 Å². The molecule has 1 fully saturated rings. The first kappa shape index (κ1) is 21.7. The molecule has 2 atom stereocenters. The van der Waals surface area contributed by atoms with Crippen molar-refractivity contribution in [2.24, 2.45) is 0 Å². The SMILES string of the molecule is Cc1ccc(N2C(=S)N[C@@H](c3ccccn3)[C@H]2c2cc(C)n(-c3cccc(Cl)c3)c2C)cc1. The van der Waals surface area contributed by atoms with E-state index >= 15 is 0 Å². The first-order valence-corrected chi connectivity index (χ1v) is 11.7. The maximum absolute atomic E-state index is 6.31. The summed E-state index contributed by atoms with van der Waals surface area (Å²) in [5, 5.41) is 4.97. The number of hydrogen-bond donors (Lipinski definition) is 1. The Morgan fingerprint density at radius 1 is 0.909 bits per heavy atom. The van der Waals surface area contributed by atoms with Crippen LogP contribution in [0.25, 0.3) is 5.69 Å². The average Bonchev–Trinajstić information content (AvgIpc) is 3.30. The molecule has 1 saturated heterocycles. The van der Waals surface area contributed by atoms with Crippen LogP contribution in [0.2, 0.25) is 5.02 Å². The molecule has 0 amide bonds. The maximum Gasteiger partial charge on any atom is 0.174 e. The van der Waals surface area contributed by atoms with Gasteiger partial charge in [0.1, 0.15) is 0 Å². The Balaban J connectivity index is 1.68. The van der Waals surface area contributed by atoms with E-state index in [2.05, 4.69) is 83.0 Å². The molecule has 0 bridgehead atoms. The highest BCUT2D eigenvalue weighted by Gasteiger charge is 2.42. The fourth-order valence-electron chi connectivity index (χ4n) is 4.75. The van der Waals surface area contributed by atoms with Gasteiger partial charge in [-0.05, 0) is 87.1 Å². The predicted molar refractivity (Wildman–Crippen MR) is 139 cm³/mol. The van der Waals surface area contributed by atoms with Crippen LogP contribution in [0.1, 0.15) is 40.3 Å². The van der Waals surface area contributed by atoms with Gasteiger partial charge in [0.05, 0.1) is 17.8 Å². The summed E-state index contributed by atoms with van der Waals surface area (Å²) in [6.45, 7) is 6.38. The number of halogens is 1. The molecule has 4 aromatic rings. The zero-order chi connectivity index (χ0) is 23.1. The number of thiocarbonyl (C=S) groups is 1. The van der Waals surface area contributed by atoms with Crippen LogP contribution in [0, 0.1) is 20.8 Å². The molecule has 33 heavy (non-hydrogen) atoms. The summed E-state index contributed by atoms with van der Waals surface area (Å²) in [4.78, 5) is 6.89. The number of pyridine rings is 1. The highest BCUT2D eigenvalue weighted by atomic mass is 35.5. The summed E-state index contributed by atoms with van der Waals surface area (Å²) in [5.41, 5.74) is 7.80. The molecule has 2 aromatic heterocycles. The lowest BCUT2D eigenvalue weighted by Crippen LogP contribution is -2.29. The summed E-state index contributed by atoms with van der Waals surface area (Å²) in [5.74, 6) is 0. The normalized spacial score (nSPS) is 17.9. The Kier molecular flexibility index (Phi) is 5.69. The number of hydrogen-bond acceptors (Lipinski definition) is 2. The topological polar surface area (TPSA) is 33.1 Å². The first-order valence-electron chi connectivity index (χ1n) is 11.0. The second-order valence-corrected chi connectivity index (χ2v) is 9.30. The zero-order valence-electron chi connectivity index (χ0n) is 18.8. The summed E-state index contributed by atoms with van der Waals surface area (Å²) < 4.78 is 2.26. The molecule has 0 aliphatic carbocycles. The minimum absolute atomic E-state index is 0.0470. The first-order chi connectivity index (χ1) is 15.9. The average molecular weight is 473 g/mol. The minimum Gasteiger partial charge on any atom is -0.351 e. The minimum atomic E-state index is -0.0756. The molecule has 0 saturated carbocycles. The maximum atomic E-state index is 6.31. The highest BCUT2D eigenvalue weighted by molar-refractivity contribution is 7.80. The van der Waals surface area contributed by atoms with Crippen molar-refractivity contribution in [2.75, 3.05) is 4.90 Å². The number of aryl methyl sites for hydroxylation is 2. The Morgan fingerprint density at radius 3 is 2.39 bits per heavy atom. The molecule has 1 N–H and O–H groups in total. The molecule has 2 aromatic carbocycles. The number of nitrogens with one attached hydrogen (secondary N) is 1. The third-order valence-corrected chi connectivity index (χ3v) is 6.82. The number of aromatic nitrogens is 2. The Bertz CT molecular complexity index is 1310. The summed E-state index contributed by atoms with van der Waals surface area (Å²) in [6, 6.07) is 24.6. The number of rotatable bonds is 4. The van der Waals surface area contributed by atoms with Gasteiger partial charge >= 0.3 is 0 Å². The van der Waals surface area contributed by atoms with Gasteiger partial charge in [-0.15, -0.1) is 0 Å². The van der Waals surface area contributed by atoms with E-state index in [1.807, 2.05) is 36.5 Å². The lowest BCUT2D eigenvalue weighted by atomic mass is 9.96. The van der Waals surface area contributed by atoms with Gasteiger partial charge in [0.2, 0.25) is 0 Å². The van der Waals surface area contributed by atoms with Crippen LogP contribution in [0.3, 0.4) is 0 Å². The van der Waals surface area contributed by atoms with Gasteiger partial charge in [-0.3, -0.25) is 4.98 Å². The summed E-state index contributed by atoms with van der Waals surface area (Å²) >= 11 is 12.2. The van der Waals surface area contributed by atoms with E-state index in [4.69, 9.17) is 23.8 Å². The van der Waals surface area contributed by atoms with Crippen LogP contribution in [0.5, 0.6) is 0 Å². The standard InChI is InChI=1S/C27H25ClN4S/c1-17-10-12-21(13-11-17)32-26(25(30-27(32)33)24-9-4-5-14-29-24)23-15-18(2)31(19(23)3)22-8-6-7-20(28)16-22/h4-16,25-26H,1-3H3,(H,30,33)/t25-,26+/m0/s1. The third-order valence-electron chi connectivity index (χ3n) is 6.27. The summed E-state index contributed by atoms with van der Waals surface area (Å²) in [7, 11) is 0. The number of benzene rings is 2. The summed E-state index contributed by atoms with van der Waals surface area (Å²) in [6.07, 6.45) is 1.83. The van der Waals surface area contributed by atoms with Gasteiger partial charge in [0.15, 0.2) is 5.11 Å². The van der Waals surface area contributed by atoms with Crippen molar-refractivity contribution in [3.05, 3.63) is 112 Å². The lowest BCUT2D eigenvalue weighted by Gasteiger charge is -2.28. The van der Waals surface area contributed by atoms with Crippen molar-refractivity contribution < 1.29 is 0 Å². The van der Waals surface area contributed by atoms with Crippen LogP contribution < -0.4 is 10.2 Å². The van der Waals surface area contributed by atoms with Crippen molar-refractivity contribution in [3.8, 4) is 5.69 Å². The van der Waals surface area contributed by atoms with Crippen molar-refractivity contribution in [2.45, 2.75) is 32.9 Å². The molecule has 166 valence electrons. The van der Waals surface area contributed by atoms with Gasteiger partial charge in [-0.2, -0.15) is 0 Å². The van der Waals surface area contributed by atoms with Gasteiger partial charge in [-0.1, -0.05) is 41.4 Å². The van der Waals surface area contributed by atoms with Gasteiger partial charge in [0.25, 0.3) is 0 Å². The third kappa shape index (κ3) is 3.92. The fourth-order valence-corrected chi connectivity index (χ4v) is 5.28. The zero-order valence-corrected chi connectivity index (χ0v) is 20.4. The molecule has 0 radical (unpaired) electrons. The number of anilines is 1. The second kappa shape index (κ2) is 8.65. The van der Waals surface area contributed by atoms with Crippen molar-refractivity contribution in [1.29, 1.82) is 0 Å². The van der Waals surface area contributed by atoms with E-state index in [1.54, 1.807) is 0 Å². The molecular formula is C27H25ClN4S. The van der Waals surface area contributed by atoms with Crippen LogP contribution in [-0.2, 0) is 0 Å². The fraction of sp³-hybridized carbons (Fsp3) is 0.185. The molecule has 0 unspecified atom stereocenters. The van der Waals surface area contributed by atoms with Gasteiger partial charge in [0, 0.05) is 34.0 Å². The van der Waals surface area contributed by atoms with Crippen LogP contribution in [0.15, 0.2) is 79.0 Å². The van der Waals surface area contributed by atoms with Gasteiger partial charge in [-0.25, -0.2) is 0 Å². The molecule has 3 heterocycles. The molecule has 4 nitrogen and oxygen atoms in total. The Hall–Kier alpha value is -3.15. The second-order valence-electron chi connectivity index (χ2n) is 8.47. The largest absolute Gasteiger partial charge is 0.351 e. The lowest BCUT2D eigenvalue weighted by molar-refractivity contribution is 0.565. The molecule has 0 spiro atoms. The molecule has 5 rings (SSSR count). The van der Waals surface area contributed by atoms with E-state index in [-0.39, 0.29) is 12.1 Å². The molecule has 1 aliphatic heterocycles. The van der Waals surface area contributed by atoms with E-state index < -0.39 is 0 Å². The van der Waals surface area contributed by atoms with E-state index in [0.29, 0.717) is 5.11 Å². The van der Waals surface area contributed by atoms with Crippen LogP contribution in [0.4, 0.5) is 5.69 Å². The van der Waals surface area contributed by atoms with Crippen molar-refractivity contribution in [3.63, 3.8) is 0 Å². The quantitative estimate of drug-likeness (QED) is 0.338. The molecular weight excluding hydrogens is 448 g/mol. The van der Waals surface area contributed by atoms with E-state index in [1.165, 1.54) is 11.1 Å². The van der Waals surface area contributed by atoms with Crippen LogP contribution in [-0.4, -0.2) is 14.7 Å². The van der Waals surface area contributed by atoms with E-state index in [9.17, 15) is 0 Å².